The summed E-state index contributed by atoms with van der Waals surface area (Å²) in [5.41, 5.74) is 2.95. The molecule has 0 unspecified atom stereocenters. The third kappa shape index (κ3) is 3.44. The van der Waals surface area contributed by atoms with E-state index < -0.39 is 0 Å². The molecule has 0 N–H and O–H groups in total. The van der Waals surface area contributed by atoms with Crippen LogP contribution in [0.4, 0.5) is 0 Å². The van der Waals surface area contributed by atoms with Crippen LogP contribution in [-0.2, 0) is 23.0 Å². The molecular formula is C19H20N4O2. The van der Waals surface area contributed by atoms with Gasteiger partial charge < -0.3 is 4.74 Å². The molecule has 0 radical (unpaired) electrons. The lowest BCUT2D eigenvalue weighted by atomic mass is 9.93. The molecule has 6 heteroatoms. The molecule has 3 aromatic rings. The van der Waals surface area contributed by atoms with Crippen molar-refractivity contribution in [2.24, 2.45) is 13.0 Å². The Bertz CT molecular complexity index is 913. The standard InChI is InChI=1S/C19H20N4O2/c1-23-12-16(11-21-23)14-2-3-15-10-20-19(22-17(15)8-14)9-18(24)13-4-6-25-7-5-13/h2-3,8,10-13H,4-7,9H2,1H3. The zero-order chi connectivity index (χ0) is 17.2. The first-order chi connectivity index (χ1) is 12.2. The molecule has 3 heterocycles. The van der Waals surface area contributed by atoms with Gasteiger partial charge in [0.25, 0.3) is 0 Å². The van der Waals surface area contributed by atoms with Gasteiger partial charge in [-0.1, -0.05) is 12.1 Å². The normalized spacial score (nSPS) is 15.6. The second-order valence-corrected chi connectivity index (χ2v) is 6.49. The van der Waals surface area contributed by atoms with Crippen LogP contribution in [0.5, 0.6) is 0 Å². The van der Waals surface area contributed by atoms with Gasteiger partial charge in [0.1, 0.15) is 11.6 Å². The SMILES string of the molecule is Cn1cc(-c2ccc3cnc(CC(=O)C4CCOCC4)nc3c2)cn1. The number of ether oxygens (including phenoxy) is 1. The number of nitrogens with zero attached hydrogens (tertiary/aromatic N) is 4. The van der Waals surface area contributed by atoms with Crippen LogP contribution in [0.3, 0.4) is 0 Å². The highest BCUT2D eigenvalue weighted by Crippen LogP contribution is 2.23. The second-order valence-electron chi connectivity index (χ2n) is 6.49. The van der Waals surface area contributed by atoms with Gasteiger partial charge in [-0.2, -0.15) is 5.10 Å². The van der Waals surface area contributed by atoms with Crippen LogP contribution in [0, 0.1) is 5.92 Å². The average molecular weight is 336 g/mol. The first-order valence-corrected chi connectivity index (χ1v) is 8.54. The number of fused-ring (bicyclic) bond motifs is 1. The van der Waals surface area contributed by atoms with E-state index in [4.69, 9.17) is 4.74 Å². The first-order valence-electron chi connectivity index (χ1n) is 8.54. The van der Waals surface area contributed by atoms with Gasteiger partial charge in [-0.15, -0.1) is 0 Å². The highest BCUT2D eigenvalue weighted by molar-refractivity contribution is 5.85. The van der Waals surface area contributed by atoms with Crippen LogP contribution in [0.2, 0.25) is 0 Å². The number of carbonyl (C=O) groups is 1. The van der Waals surface area contributed by atoms with Gasteiger partial charge in [0.15, 0.2) is 0 Å². The fraction of sp³-hybridized carbons (Fsp3) is 0.368. The summed E-state index contributed by atoms with van der Waals surface area (Å²) in [4.78, 5) is 21.4. The van der Waals surface area contributed by atoms with Crippen molar-refractivity contribution >= 4 is 16.7 Å². The van der Waals surface area contributed by atoms with E-state index in [0.29, 0.717) is 19.0 Å². The predicted octanol–water partition coefficient (Wildman–Crippen LogP) is 2.57. The molecule has 0 aliphatic carbocycles. The Morgan fingerprint density at radius 1 is 1.24 bits per heavy atom. The Morgan fingerprint density at radius 2 is 2.08 bits per heavy atom. The van der Waals surface area contributed by atoms with Gasteiger partial charge in [0.2, 0.25) is 0 Å². The Kier molecular flexibility index (Phi) is 4.28. The number of hydrogen-bond donors (Lipinski definition) is 0. The summed E-state index contributed by atoms with van der Waals surface area (Å²) >= 11 is 0. The zero-order valence-corrected chi connectivity index (χ0v) is 14.2. The molecule has 0 amide bonds. The van der Waals surface area contributed by atoms with Crippen LogP contribution in [0.1, 0.15) is 18.7 Å². The molecule has 0 bridgehead atoms. The monoisotopic (exact) mass is 336 g/mol. The third-order valence-corrected chi connectivity index (χ3v) is 4.68. The Morgan fingerprint density at radius 3 is 2.84 bits per heavy atom. The number of rotatable bonds is 4. The average Bonchev–Trinajstić information content (AvgIpc) is 3.08. The summed E-state index contributed by atoms with van der Waals surface area (Å²) in [7, 11) is 1.90. The smallest absolute Gasteiger partial charge is 0.143 e. The maximum absolute atomic E-state index is 12.4. The summed E-state index contributed by atoms with van der Waals surface area (Å²) in [6.07, 6.45) is 7.49. The molecule has 1 aliphatic heterocycles. The van der Waals surface area contributed by atoms with Gasteiger partial charge in [-0.3, -0.25) is 9.48 Å². The molecule has 1 aromatic carbocycles. The number of ketones is 1. The van der Waals surface area contributed by atoms with Crippen molar-refractivity contribution in [3.8, 4) is 11.1 Å². The Hall–Kier alpha value is -2.60. The maximum Gasteiger partial charge on any atom is 0.143 e. The highest BCUT2D eigenvalue weighted by atomic mass is 16.5. The second kappa shape index (κ2) is 6.72. The maximum atomic E-state index is 12.4. The molecule has 1 aliphatic rings. The predicted molar refractivity (Wildman–Crippen MR) is 94.0 cm³/mol. The molecule has 0 spiro atoms. The molecule has 0 saturated carbocycles. The van der Waals surface area contributed by atoms with E-state index in [2.05, 4.69) is 15.1 Å². The molecule has 0 atom stereocenters. The van der Waals surface area contributed by atoms with E-state index in [0.717, 1.165) is 34.9 Å². The van der Waals surface area contributed by atoms with Crippen LogP contribution in [0.15, 0.2) is 36.8 Å². The lowest BCUT2D eigenvalue weighted by molar-refractivity contribution is -0.125. The summed E-state index contributed by atoms with van der Waals surface area (Å²) in [5, 5.41) is 5.18. The summed E-state index contributed by atoms with van der Waals surface area (Å²) < 4.78 is 7.10. The number of aromatic nitrogens is 4. The zero-order valence-electron chi connectivity index (χ0n) is 14.2. The first kappa shape index (κ1) is 15.9. The Balaban J connectivity index is 1.59. The lowest BCUT2D eigenvalue weighted by Crippen LogP contribution is -2.25. The summed E-state index contributed by atoms with van der Waals surface area (Å²) in [6.45, 7) is 1.34. The molecule has 2 aromatic heterocycles. The molecule has 25 heavy (non-hydrogen) atoms. The van der Waals surface area contributed by atoms with E-state index in [-0.39, 0.29) is 18.1 Å². The largest absolute Gasteiger partial charge is 0.381 e. The molecular weight excluding hydrogens is 316 g/mol. The number of Topliss-reactive ketones (excluding diaryl/α,β-unsaturated/α-hetero) is 1. The van der Waals surface area contributed by atoms with E-state index >= 15 is 0 Å². The van der Waals surface area contributed by atoms with Gasteiger partial charge >= 0.3 is 0 Å². The number of benzene rings is 1. The van der Waals surface area contributed by atoms with E-state index in [1.807, 2.05) is 37.6 Å². The van der Waals surface area contributed by atoms with Crippen molar-refractivity contribution in [3.05, 3.63) is 42.6 Å². The van der Waals surface area contributed by atoms with Gasteiger partial charge in [-0.05, 0) is 24.5 Å². The van der Waals surface area contributed by atoms with E-state index in [1.165, 1.54) is 0 Å². The summed E-state index contributed by atoms with van der Waals surface area (Å²) in [6, 6.07) is 6.06. The van der Waals surface area contributed by atoms with Crippen molar-refractivity contribution in [2.75, 3.05) is 13.2 Å². The van der Waals surface area contributed by atoms with Gasteiger partial charge in [0.05, 0.1) is 18.1 Å². The van der Waals surface area contributed by atoms with E-state index in [1.54, 1.807) is 10.9 Å². The summed E-state index contributed by atoms with van der Waals surface area (Å²) in [5.74, 6) is 0.883. The fourth-order valence-corrected chi connectivity index (χ4v) is 3.22. The van der Waals surface area contributed by atoms with Crippen molar-refractivity contribution in [1.29, 1.82) is 0 Å². The third-order valence-electron chi connectivity index (χ3n) is 4.68. The molecule has 1 fully saturated rings. The highest BCUT2D eigenvalue weighted by Gasteiger charge is 2.22. The Labute approximate surface area is 145 Å². The quantitative estimate of drug-likeness (QED) is 0.732. The fourth-order valence-electron chi connectivity index (χ4n) is 3.22. The number of hydrogen-bond acceptors (Lipinski definition) is 5. The van der Waals surface area contributed by atoms with Crippen molar-refractivity contribution in [1.82, 2.24) is 19.7 Å². The molecule has 1 saturated heterocycles. The van der Waals surface area contributed by atoms with E-state index in [9.17, 15) is 4.79 Å². The van der Waals surface area contributed by atoms with Crippen LogP contribution >= 0.6 is 0 Å². The van der Waals surface area contributed by atoms with Crippen molar-refractivity contribution in [3.63, 3.8) is 0 Å². The minimum absolute atomic E-state index is 0.0785. The van der Waals surface area contributed by atoms with Crippen LogP contribution in [-0.4, -0.2) is 38.7 Å². The van der Waals surface area contributed by atoms with Crippen LogP contribution < -0.4 is 0 Å². The van der Waals surface area contributed by atoms with Crippen molar-refractivity contribution in [2.45, 2.75) is 19.3 Å². The van der Waals surface area contributed by atoms with Gasteiger partial charge in [-0.25, -0.2) is 9.97 Å². The molecule has 4 rings (SSSR count). The van der Waals surface area contributed by atoms with Crippen LogP contribution in [0.25, 0.3) is 22.0 Å². The minimum atomic E-state index is 0.0785. The van der Waals surface area contributed by atoms with Crippen molar-refractivity contribution < 1.29 is 9.53 Å². The molecule has 128 valence electrons. The minimum Gasteiger partial charge on any atom is -0.381 e. The lowest BCUT2D eigenvalue weighted by Gasteiger charge is -2.20. The molecule has 6 nitrogen and oxygen atoms in total. The topological polar surface area (TPSA) is 69.9 Å². The van der Waals surface area contributed by atoms with Gasteiger partial charge in [0, 0.05) is 49.5 Å². The number of aryl methyl sites for hydroxylation is 1. The number of carbonyl (C=O) groups excluding carboxylic acids is 1.